The van der Waals surface area contributed by atoms with Crippen LogP contribution in [-0.2, 0) is 9.59 Å². The van der Waals surface area contributed by atoms with Crippen LogP contribution in [0.5, 0.6) is 5.75 Å². The first kappa shape index (κ1) is 22.5. The molecule has 6 nitrogen and oxygen atoms in total. The lowest BCUT2D eigenvalue weighted by atomic mass is 9.88. The van der Waals surface area contributed by atoms with E-state index in [0.717, 1.165) is 0 Å². The summed E-state index contributed by atoms with van der Waals surface area (Å²) in [7, 11) is 0. The monoisotopic (exact) mass is 443 g/mol. The summed E-state index contributed by atoms with van der Waals surface area (Å²) in [5.74, 6) is -8.05. The number of carbonyl (C=O) groups is 2. The highest BCUT2D eigenvalue weighted by molar-refractivity contribution is 5.92. The van der Waals surface area contributed by atoms with Gasteiger partial charge in [0.25, 0.3) is 0 Å². The molecule has 0 radical (unpaired) electrons. The molecule has 1 aromatic rings. The molecule has 0 spiro atoms. The van der Waals surface area contributed by atoms with Crippen molar-refractivity contribution in [3.05, 3.63) is 34.9 Å². The van der Waals surface area contributed by atoms with Gasteiger partial charge in [0.2, 0.25) is 5.91 Å². The maximum atomic E-state index is 13.4. The highest BCUT2D eigenvalue weighted by Crippen LogP contribution is 2.44. The van der Waals surface area contributed by atoms with Gasteiger partial charge < -0.3 is 15.0 Å². The first-order valence-electron chi connectivity index (χ1n) is 9.30. The summed E-state index contributed by atoms with van der Waals surface area (Å²) in [6.07, 6.45) is -5.31. The predicted octanol–water partition coefficient (Wildman–Crippen LogP) is 3.38. The largest absolute Gasteiger partial charge is 0.483 e. The van der Waals surface area contributed by atoms with Crippen LogP contribution in [-0.4, -0.2) is 47.5 Å². The molecule has 1 fully saturated rings. The van der Waals surface area contributed by atoms with Gasteiger partial charge in [0.05, 0.1) is 17.3 Å². The Balaban J connectivity index is 2.09. The number of hydrogen-bond acceptors (Lipinski definition) is 4. The topological polar surface area (TPSA) is 82.4 Å². The normalized spacial score (nSPS) is 18.4. The molecule has 0 aliphatic carbocycles. The third kappa shape index (κ3) is 3.94. The summed E-state index contributed by atoms with van der Waals surface area (Å²) in [6, 6.07) is 6.40. The van der Waals surface area contributed by atoms with E-state index in [9.17, 15) is 36.8 Å². The highest BCUT2D eigenvalue weighted by atomic mass is 19.4. The lowest BCUT2D eigenvalue weighted by Crippen LogP contribution is -2.52. The Morgan fingerprint density at radius 3 is 2.52 bits per heavy atom. The average molecular weight is 443 g/mol. The van der Waals surface area contributed by atoms with Crippen LogP contribution in [0, 0.1) is 11.3 Å². The quantitative estimate of drug-likeness (QED) is 0.724. The third-order valence-electron chi connectivity index (χ3n) is 5.15. The van der Waals surface area contributed by atoms with Crippen molar-refractivity contribution >= 4 is 17.5 Å². The summed E-state index contributed by atoms with van der Waals surface area (Å²) in [4.78, 5) is 25.5. The Kier molecular flexibility index (Phi) is 5.46. The van der Waals surface area contributed by atoms with E-state index in [-0.39, 0.29) is 35.7 Å². The first-order chi connectivity index (χ1) is 14.3. The zero-order valence-corrected chi connectivity index (χ0v) is 16.6. The number of nitrogens with zero attached hydrogens (tertiary/aromatic N) is 2. The number of nitriles is 1. The summed E-state index contributed by atoms with van der Waals surface area (Å²) in [6.45, 7) is 2.65. The van der Waals surface area contributed by atoms with Crippen molar-refractivity contribution in [2.45, 2.75) is 44.4 Å². The van der Waals surface area contributed by atoms with E-state index >= 15 is 0 Å². The van der Waals surface area contributed by atoms with Crippen molar-refractivity contribution < 1.29 is 36.3 Å². The lowest BCUT2D eigenvalue weighted by Gasteiger charge is -2.39. The maximum Gasteiger partial charge on any atom is 0.463 e. The third-order valence-corrected chi connectivity index (χ3v) is 5.15. The highest BCUT2D eigenvalue weighted by Gasteiger charge is 2.63. The summed E-state index contributed by atoms with van der Waals surface area (Å²) >= 11 is 0. The van der Waals surface area contributed by atoms with Crippen molar-refractivity contribution in [2.75, 3.05) is 13.1 Å². The molecule has 0 saturated carbocycles. The molecule has 0 bridgehead atoms. The van der Waals surface area contributed by atoms with Gasteiger partial charge in [0.15, 0.2) is 0 Å². The van der Waals surface area contributed by atoms with Crippen LogP contribution >= 0.6 is 0 Å². The second-order valence-corrected chi connectivity index (χ2v) is 7.67. The Morgan fingerprint density at radius 1 is 1.29 bits per heavy atom. The van der Waals surface area contributed by atoms with Gasteiger partial charge in [-0.05, 0) is 38.5 Å². The minimum atomic E-state index is -6.05. The van der Waals surface area contributed by atoms with E-state index in [1.807, 2.05) is 6.07 Å². The van der Waals surface area contributed by atoms with Crippen molar-refractivity contribution in [1.29, 1.82) is 5.26 Å². The van der Waals surface area contributed by atoms with Gasteiger partial charge in [0.1, 0.15) is 11.4 Å². The Bertz CT molecular complexity index is 1010. The molecule has 1 aromatic carbocycles. The van der Waals surface area contributed by atoms with E-state index in [1.165, 1.54) is 36.9 Å². The second kappa shape index (κ2) is 7.51. The maximum absolute atomic E-state index is 13.4. The fourth-order valence-electron chi connectivity index (χ4n) is 3.56. The van der Waals surface area contributed by atoms with Crippen LogP contribution in [0.4, 0.5) is 22.0 Å². The number of benzene rings is 1. The fourth-order valence-corrected chi connectivity index (χ4v) is 3.56. The van der Waals surface area contributed by atoms with Gasteiger partial charge in [0, 0.05) is 30.6 Å². The molecular formula is C20H18F5N3O3. The van der Waals surface area contributed by atoms with E-state index in [0.29, 0.717) is 17.7 Å². The summed E-state index contributed by atoms with van der Waals surface area (Å²) < 4.78 is 70.2. The minimum Gasteiger partial charge on any atom is -0.483 e. The van der Waals surface area contributed by atoms with Crippen LogP contribution < -0.4 is 10.1 Å². The first-order valence-corrected chi connectivity index (χ1v) is 9.30. The smallest absolute Gasteiger partial charge is 0.463 e. The molecule has 2 aliphatic heterocycles. The van der Waals surface area contributed by atoms with Gasteiger partial charge in [-0.2, -0.15) is 27.2 Å². The molecule has 0 atom stereocenters. The standard InChI is InChI=1S/C20H18F5N3O3/c1-18(2)13(10-27-17(30)19(21,22)20(23,24)25)16(28-7-3-4-15(28)29)12-8-11(9-26)5-6-14(12)31-18/h5-6,8H,3-4,7,10H2,1-2H3,(H,27,30). The predicted molar refractivity (Wildman–Crippen MR) is 97.7 cm³/mol. The van der Waals surface area contributed by atoms with Crippen molar-refractivity contribution in [3.63, 3.8) is 0 Å². The van der Waals surface area contributed by atoms with Crippen LogP contribution in [0.2, 0.25) is 0 Å². The van der Waals surface area contributed by atoms with E-state index in [2.05, 4.69) is 0 Å². The van der Waals surface area contributed by atoms with Crippen molar-refractivity contribution in [3.8, 4) is 11.8 Å². The number of nitrogens with one attached hydrogen (secondary N) is 1. The zero-order chi connectivity index (χ0) is 23.2. The molecule has 166 valence electrons. The molecule has 1 N–H and O–H groups in total. The lowest BCUT2D eigenvalue weighted by molar-refractivity contribution is -0.269. The average Bonchev–Trinajstić information content (AvgIpc) is 3.09. The fraction of sp³-hybridized carbons (Fsp3) is 0.450. The molecule has 0 unspecified atom stereocenters. The molecule has 2 heterocycles. The molecule has 2 aliphatic rings. The van der Waals surface area contributed by atoms with Gasteiger partial charge in [-0.15, -0.1) is 0 Å². The SMILES string of the molecule is CC1(C)Oc2ccc(C#N)cc2C(N2CCCC2=O)=C1CNC(=O)C(F)(F)C(F)(F)F. The van der Waals surface area contributed by atoms with Crippen LogP contribution in [0.3, 0.4) is 0 Å². The Labute approximate surface area is 174 Å². The molecule has 0 aromatic heterocycles. The number of rotatable bonds is 4. The van der Waals surface area contributed by atoms with E-state index in [1.54, 1.807) is 5.32 Å². The van der Waals surface area contributed by atoms with Crippen molar-refractivity contribution in [1.82, 2.24) is 10.2 Å². The molecule has 31 heavy (non-hydrogen) atoms. The number of alkyl halides is 5. The number of halogens is 5. The second-order valence-electron chi connectivity index (χ2n) is 7.67. The zero-order valence-electron chi connectivity index (χ0n) is 16.6. The van der Waals surface area contributed by atoms with E-state index in [4.69, 9.17) is 4.74 Å². The van der Waals surface area contributed by atoms with Gasteiger partial charge in [-0.1, -0.05) is 0 Å². The molecule has 1 saturated heterocycles. The molecule has 11 heteroatoms. The number of carbonyl (C=O) groups excluding carboxylic acids is 2. The van der Waals surface area contributed by atoms with Crippen molar-refractivity contribution in [2.24, 2.45) is 0 Å². The van der Waals surface area contributed by atoms with Crippen LogP contribution in [0.1, 0.15) is 37.8 Å². The number of likely N-dealkylation sites (tertiary alicyclic amines) is 1. The minimum absolute atomic E-state index is 0.136. The number of fused-ring (bicyclic) bond motifs is 1. The van der Waals surface area contributed by atoms with Gasteiger partial charge in [-0.3, -0.25) is 9.59 Å². The number of hydrogen-bond donors (Lipinski definition) is 1. The van der Waals surface area contributed by atoms with E-state index < -0.39 is 30.2 Å². The van der Waals surface area contributed by atoms with Gasteiger partial charge >= 0.3 is 18.0 Å². The summed E-state index contributed by atoms with van der Waals surface area (Å²) in [5.41, 5.74) is -0.322. The Morgan fingerprint density at radius 2 is 1.97 bits per heavy atom. The molecule has 3 rings (SSSR count). The Hall–Kier alpha value is -3.16. The van der Waals surface area contributed by atoms with Gasteiger partial charge in [-0.25, -0.2) is 0 Å². The summed E-state index contributed by atoms with van der Waals surface area (Å²) in [5, 5.41) is 10.9. The molecular weight excluding hydrogens is 425 g/mol. The van der Waals surface area contributed by atoms with Crippen LogP contribution in [0.15, 0.2) is 23.8 Å². The molecule has 2 amide bonds. The number of ether oxygens (including phenoxy) is 1. The number of amides is 2. The van der Waals surface area contributed by atoms with Crippen LogP contribution in [0.25, 0.3) is 5.70 Å².